The molecule has 1 atom stereocenters. The van der Waals surface area contributed by atoms with Gasteiger partial charge in [0, 0.05) is 24.1 Å². The SMILES string of the molecule is CC1CN(c2ncc(N)s2)CCS1. The summed E-state index contributed by atoms with van der Waals surface area (Å²) < 4.78 is 0. The highest BCUT2D eigenvalue weighted by Crippen LogP contribution is 2.28. The van der Waals surface area contributed by atoms with E-state index in [1.165, 1.54) is 5.75 Å². The van der Waals surface area contributed by atoms with Gasteiger partial charge in [-0.25, -0.2) is 4.98 Å². The third kappa shape index (κ3) is 2.08. The molecule has 0 radical (unpaired) electrons. The molecule has 13 heavy (non-hydrogen) atoms. The zero-order chi connectivity index (χ0) is 9.26. The molecule has 1 fully saturated rings. The smallest absolute Gasteiger partial charge is 0.187 e. The molecule has 1 aromatic heterocycles. The summed E-state index contributed by atoms with van der Waals surface area (Å²) in [6, 6.07) is 0. The van der Waals surface area contributed by atoms with Crippen LogP contribution in [-0.4, -0.2) is 29.1 Å². The van der Waals surface area contributed by atoms with Gasteiger partial charge in [0.15, 0.2) is 5.13 Å². The van der Waals surface area contributed by atoms with Crippen molar-refractivity contribution in [3.8, 4) is 0 Å². The van der Waals surface area contributed by atoms with Crippen molar-refractivity contribution in [1.82, 2.24) is 4.98 Å². The highest BCUT2D eigenvalue weighted by atomic mass is 32.2. The maximum Gasteiger partial charge on any atom is 0.187 e. The lowest BCUT2D eigenvalue weighted by molar-refractivity contribution is 0.779. The van der Waals surface area contributed by atoms with Crippen molar-refractivity contribution in [2.24, 2.45) is 0 Å². The van der Waals surface area contributed by atoms with Gasteiger partial charge in [-0.05, 0) is 0 Å². The number of nitrogen functional groups attached to an aromatic ring is 1. The first-order chi connectivity index (χ1) is 6.25. The summed E-state index contributed by atoms with van der Waals surface area (Å²) in [7, 11) is 0. The van der Waals surface area contributed by atoms with Crippen molar-refractivity contribution in [2.75, 3.05) is 29.5 Å². The van der Waals surface area contributed by atoms with Gasteiger partial charge in [-0.15, -0.1) is 0 Å². The van der Waals surface area contributed by atoms with E-state index in [9.17, 15) is 0 Å². The van der Waals surface area contributed by atoms with Gasteiger partial charge in [-0.3, -0.25) is 0 Å². The van der Waals surface area contributed by atoms with Crippen LogP contribution in [0.5, 0.6) is 0 Å². The fourth-order valence-electron chi connectivity index (χ4n) is 1.42. The zero-order valence-corrected chi connectivity index (χ0v) is 9.20. The predicted octanol–water partition coefficient (Wildman–Crippen LogP) is 1.67. The maximum absolute atomic E-state index is 5.64. The molecule has 1 aromatic rings. The summed E-state index contributed by atoms with van der Waals surface area (Å²) in [6.07, 6.45) is 1.74. The van der Waals surface area contributed by atoms with E-state index in [0.29, 0.717) is 5.25 Å². The Morgan fingerprint density at radius 1 is 1.69 bits per heavy atom. The van der Waals surface area contributed by atoms with Crippen LogP contribution in [0.2, 0.25) is 0 Å². The molecule has 72 valence electrons. The second-order valence-electron chi connectivity index (χ2n) is 3.17. The quantitative estimate of drug-likeness (QED) is 0.774. The second kappa shape index (κ2) is 3.75. The normalized spacial score (nSPS) is 23.5. The topological polar surface area (TPSA) is 42.2 Å². The van der Waals surface area contributed by atoms with Crippen LogP contribution in [0, 0.1) is 0 Å². The first kappa shape index (κ1) is 9.15. The Morgan fingerprint density at radius 2 is 2.54 bits per heavy atom. The summed E-state index contributed by atoms with van der Waals surface area (Å²) in [4.78, 5) is 6.61. The number of thioether (sulfide) groups is 1. The van der Waals surface area contributed by atoms with Crippen LogP contribution < -0.4 is 10.6 Å². The molecule has 1 saturated heterocycles. The van der Waals surface area contributed by atoms with Gasteiger partial charge < -0.3 is 10.6 Å². The summed E-state index contributed by atoms with van der Waals surface area (Å²) in [5.74, 6) is 1.20. The zero-order valence-electron chi connectivity index (χ0n) is 7.56. The first-order valence-corrected chi connectivity index (χ1v) is 6.20. The molecule has 0 spiro atoms. The average Bonchev–Trinajstić information content (AvgIpc) is 2.52. The van der Waals surface area contributed by atoms with Crippen molar-refractivity contribution in [3.05, 3.63) is 6.20 Å². The molecule has 2 rings (SSSR count). The largest absolute Gasteiger partial charge is 0.389 e. The molecule has 0 aromatic carbocycles. The number of hydrogen-bond donors (Lipinski definition) is 1. The van der Waals surface area contributed by atoms with Gasteiger partial charge in [-0.2, -0.15) is 11.8 Å². The number of aromatic nitrogens is 1. The van der Waals surface area contributed by atoms with Gasteiger partial charge in [0.1, 0.15) is 5.00 Å². The number of nitrogens with zero attached hydrogens (tertiary/aromatic N) is 2. The summed E-state index contributed by atoms with van der Waals surface area (Å²) >= 11 is 3.61. The van der Waals surface area contributed by atoms with Gasteiger partial charge >= 0.3 is 0 Å². The van der Waals surface area contributed by atoms with E-state index in [4.69, 9.17) is 5.73 Å². The molecule has 0 bridgehead atoms. The molecule has 3 nitrogen and oxygen atoms in total. The van der Waals surface area contributed by atoms with Gasteiger partial charge in [-0.1, -0.05) is 18.3 Å². The third-order valence-corrected chi connectivity index (χ3v) is 4.05. The Bertz CT molecular complexity index is 287. The molecule has 2 N–H and O–H groups in total. The van der Waals surface area contributed by atoms with Crippen molar-refractivity contribution >= 4 is 33.2 Å². The van der Waals surface area contributed by atoms with Crippen LogP contribution in [0.4, 0.5) is 10.1 Å². The minimum absolute atomic E-state index is 0.707. The van der Waals surface area contributed by atoms with E-state index < -0.39 is 0 Å². The fraction of sp³-hybridized carbons (Fsp3) is 0.625. The summed E-state index contributed by atoms with van der Waals surface area (Å²) in [6.45, 7) is 4.45. The van der Waals surface area contributed by atoms with Crippen molar-refractivity contribution in [3.63, 3.8) is 0 Å². The second-order valence-corrected chi connectivity index (χ2v) is 5.76. The Morgan fingerprint density at radius 3 is 3.15 bits per heavy atom. The van der Waals surface area contributed by atoms with Crippen LogP contribution in [0.3, 0.4) is 0 Å². The van der Waals surface area contributed by atoms with Crippen molar-refractivity contribution in [1.29, 1.82) is 0 Å². The lowest BCUT2D eigenvalue weighted by Gasteiger charge is -2.30. The van der Waals surface area contributed by atoms with E-state index >= 15 is 0 Å². The van der Waals surface area contributed by atoms with E-state index in [0.717, 1.165) is 23.2 Å². The minimum Gasteiger partial charge on any atom is -0.389 e. The number of nitrogens with two attached hydrogens (primary N) is 1. The number of thiazole rings is 1. The van der Waals surface area contributed by atoms with Crippen molar-refractivity contribution < 1.29 is 0 Å². The van der Waals surface area contributed by atoms with E-state index in [1.54, 1.807) is 17.5 Å². The molecule has 5 heteroatoms. The lowest BCUT2D eigenvalue weighted by Crippen LogP contribution is -2.36. The maximum atomic E-state index is 5.64. The Balaban J connectivity index is 2.08. The molecule has 0 saturated carbocycles. The van der Waals surface area contributed by atoms with Gasteiger partial charge in [0.25, 0.3) is 0 Å². The molecule has 1 unspecified atom stereocenters. The summed E-state index contributed by atoms with van der Waals surface area (Å²) in [5, 5.41) is 2.59. The molecular formula is C8H13N3S2. The van der Waals surface area contributed by atoms with E-state index in [2.05, 4.69) is 16.8 Å². The van der Waals surface area contributed by atoms with Crippen molar-refractivity contribution in [2.45, 2.75) is 12.2 Å². The van der Waals surface area contributed by atoms with Crippen LogP contribution in [0.1, 0.15) is 6.92 Å². The highest BCUT2D eigenvalue weighted by Gasteiger charge is 2.18. The molecule has 1 aliphatic rings. The summed E-state index contributed by atoms with van der Waals surface area (Å²) in [5.41, 5.74) is 5.64. The number of hydrogen-bond acceptors (Lipinski definition) is 5. The third-order valence-electron chi connectivity index (χ3n) is 2.02. The van der Waals surface area contributed by atoms with Crippen LogP contribution >= 0.6 is 23.1 Å². The predicted molar refractivity (Wildman–Crippen MR) is 60.7 cm³/mol. The lowest BCUT2D eigenvalue weighted by atomic mass is 10.4. The Kier molecular flexibility index (Phi) is 2.64. The molecule has 0 aliphatic carbocycles. The first-order valence-electron chi connectivity index (χ1n) is 4.33. The number of anilines is 2. The monoisotopic (exact) mass is 215 g/mol. The molecule has 1 aliphatic heterocycles. The Hall–Kier alpha value is -0.420. The van der Waals surface area contributed by atoms with Gasteiger partial charge in [0.05, 0.1) is 6.20 Å². The van der Waals surface area contributed by atoms with Gasteiger partial charge in [0.2, 0.25) is 0 Å². The molecule has 2 heterocycles. The van der Waals surface area contributed by atoms with E-state index in [1.807, 2.05) is 11.8 Å². The van der Waals surface area contributed by atoms with Crippen LogP contribution in [0.25, 0.3) is 0 Å². The molecule has 0 amide bonds. The van der Waals surface area contributed by atoms with E-state index in [-0.39, 0.29) is 0 Å². The minimum atomic E-state index is 0.707. The Labute approximate surface area is 86.3 Å². The average molecular weight is 215 g/mol. The molecular weight excluding hydrogens is 202 g/mol. The van der Waals surface area contributed by atoms with Crippen LogP contribution in [0.15, 0.2) is 6.20 Å². The standard InChI is InChI=1S/C8H13N3S2/c1-6-5-11(2-3-12-6)8-10-4-7(9)13-8/h4,6H,2-3,5,9H2,1H3. The van der Waals surface area contributed by atoms with Crippen LogP contribution in [-0.2, 0) is 0 Å². The fourth-order valence-corrected chi connectivity index (χ4v) is 3.15. The highest BCUT2D eigenvalue weighted by molar-refractivity contribution is 8.00. The number of rotatable bonds is 1.